The van der Waals surface area contributed by atoms with Gasteiger partial charge < -0.3 is 14.6 Å². The second-order valence-corrected chi connectivity index (χ2v) is 3.85. The van der Waals surface area contributed by atoms with Gasteiger partial charge in [0.15, 0.2) is 0 Å². The Bertz CT molecular complexity index is 415. The summed E-state index contributed by atoms with van der Waals surface area (Å²) in [6, 6.07) is 5.75. The van der Waals surface area contributed by atoms with Crippen molar-refractivity contribution < 1.29 is 14.6 Å². The number of hydrogen-bond acceptors (Lipinski definition) is 3. The third-order valence-corrected chi connectivity index (χ3v) is 2.38. The molecular weight excluding hydrogens is 228 g/mol. The fourth-order valence-corrected chi connectivity index (χ4v) is 1.48. The molecule has 0 spiro atoms. The number of aliphatic hydroxyl groups is 1. The number of benzene rings is 1. The number of methoxy groups -OCH3 is 1. The zero-order valence-corrected chi connectivity index (χ0v) is 11.0. The van der Waals surface area contributed by atoms with Crippen molar-refractivity contribution in [2.75, 3.05) is 20.3 Å². The maximum absolute atomic E-state index is 8.72. The van der Waals surface area contributed by atoms with Crippen molar-refractivity contribution in [3.8, 4) is 17.6 Å². The summed E-state index contributed by atoms with van der Waals surface area (Å²) in [6.07, 6.45) is 1.48. The van der Waals surface area contributed by atoms with Crippen LogP contribution in [0.2, 0.25) is 0 Å². The largest absolute Gasteiger partial charge is 0.497 e. The summed E-state index contributed by atoms with van der Waals surface area (Å²) in [5.41, 5.74) is 1.95. The standard InChI is InChI=1S/C15H20O3/c1-3-10-18-12-14-11-15(17-2)8-7-13(14)6-4-5-9-16/h7-8,11,16H,3,5,9-10,12H2,1-2H3. The highest BCUT2D eigenvalue weighted by Crippen LogP contribution is 2.18. The Morgan fingerprint density at radius 2 is 2.17 bits per heavy atom. The minimum atomic E-state index is 0.0881. The third-order valence-electron chi connectivity index (χ3n) is 2.38. The van der Waals surface area contributed by atoms with E-state index in [0.29, 0.717) is 13.0 Å². The third kappa shape index (κ3) is 4.79. The van der Waals surface area contributed by atoms with Gasteiger partial charge >= 0.3 is 0 Å². The van der Waals surface area contributed by atoms with Gasteiger partial charge in [0, 0.05) is 18.6 Å². The molecule has 3 heteroatoms. The summed E-state index contributed by atoms with van der Waals surface area (Å²) in [5.74, 6) is 6.77. The number of hydrogen-bond donors (Lipinski definition) is 1. The van der Waals surface area contributed by atoms with Crippen molar-refractivity contribution >= 4 is 0 Å². The molecule has 0 aliphatic heterocycles. The first-order valence-electron chi connectivity index (χ1n) is 6.16. The topological polar surface area (TPSA) is 38.7 Å². The van der Waals surface area contributed by atoms with E-state index in [1.165, 1.54) is 0 Å². The minimum Gasteiger partial charge on any atom is -0.497 e. The Balaban J connectivity index is 2.83. The first-order valence-corrected chi connectivity index (χ1v) is 6.16. The molecule has 1 aromatic rings. The Morgan fingerprint density at radius 3 is 2.83 bits per heavy atom. The molecule has 0 unspecified atom stereocenters. The molecule has 18 heavy (non-hydrogen) atoms. The van der Waals surface area contributed by atoms with Gasteiger partial charge in [-0.1, -0.05) is 18.8 Å². The molecule has 0 saturated carbocycles. The molecule has 98 valence electrons. The Hall–Kier alpha value is -1.50. The summed E-state index contributed by atoms with van der Waals surface area (Å²) in [5, 5.41) is 8.72. The summed E-state index contributed by atoms with van der Waals surface area (Å²) in [6.45, 7) is 3.44. The van der Waals surface area contributed by atoms with Gasteiger partial charge in [-0.05, 0) is 30.2 Å². The van der Waals surface area contributed by atoms with Crippen LogP contribution in [-0.4, -0.2) is 25.4 Å². The van der Waals surface area contributed by atoms with Gasteiger partial charge in [0.05, 0.1) is 20.3 Å². The van der Waals surface area contributed by atoms with E-state index in [1.54, 1.807) is 7.11 Å². The fraction of sp³-hybridized carbons (Fsp3) is 0.467. The van der Waals surface area contributed by atoms with Crippen molar-refractivity contribution in [3.63, 3.8) is 0 Å². The normalized spacial score (nSPS) is 9.72. The molecular formula is C15H20O3. The second-order valence-electron chi connectivity index (χ2n) is 3.85. The predicted octanol–water partition coefficient (Wildman–Crippen LogP) is 2.36. The summed E-state index contributed by atoms with van der Waals surface area (Å²) in [7, 11) is 1.64. The lowest BCUT2D eigenvalue weighted by molar-refractivity contribution is 0.121. The fourth-order valence-electron chi connectivity index (χ4n) is 1.48. The van der Waals surface area contributed by atoms with Gasteiger partial charge in [-0.3, -0.25) is 0 Å². The zero-order chi connectivity index (χ0) is 13.2. The van der Waals surface area contributed by atoms with Crippen LogP contribution in [0.25, 0.3) is 0 Å². The lowest BCUT2D eigenvalue weighted by Crippen LogP contribution is -1.98. The minimum absolute atomic E-state index is 0.0881. The molecule has 0 aromatic heterocycles. The van der Waals surface area contributed by atoms with Crippen LogP contribution in [0.1, 0.15) is 30.9 Å². The van der Waals surface area contributed by atoms with E-state index in [2.05, 4.69) is 18.8 Å². The smallest absolute Gasteiger partial charge is 0.119 e. The molecule has 0 aliphatic rings. The average Bonchev–Trinajstić information content (AvgIpc) is 2.40. The summed E-state index contributed by atoms with van der Waals surface area (Å²) < 4.78 is 10.7. The molecule has 0 aliphatic carbocycles. The molecule has 0 saturated heterocycles. The lowest BCUT2D eigenvalue weighted by Gasteiger charge is -2.08. The van der Waals surface area contributed by atoms with E-state index in [0.717, 1.165) is 29.9 Å². The monoisotopic (exact) mass is 248 g/mol. The Labute approximate surface area is 109 Å². The van der Waals surface area contributed by atoms with E-state index in [-0.39, 0.29) is 6.61 Å². The van der Waals surface area contributed by atoms with Crippen LogP contribution in [0.3, 0.4) is 0 Å². The molecule has 3 nitrogen and oxygen atoms in total. The molecule has 0 radical (unpaired) electrons. The van der Waals surface area contributed by atoms with E-state index < -0.39 is 0 Å². The van der Waals surface area contributed by atoms with Crippen LogP contribution in [0.15, 0.2) is 18.2 Å². The predicted molar refractivity (Wildman–Crippen MR) is 71.5 cm³/mol. The van der Waals surface area contributed by atoms with E-state index in [4.69, 9.17) is 14.6 Å². The molecule has 1 N–H and O–H groups in total. The Morgan fingerprint density at radius 1 is 1.33 bits per heavy atom. The highest BCUT2D eigenvalue weighted by molar-refractivity contribution is 5.45. The second kappa shape index (κ2) is 8.57. The van der Waals surface area contributed by atoms with E-state index >= 15 is 0 Å². The van der Waals surface area contributed by atoms with Gasteiger partial charge in [0.25, 0.3) is 0 Å². The highest BCUT2D eigenvalue weighted by atomic mass is 16.5. The van der Waals surface area contributed by atoms with Crippen molar-refractivity contribution in [1.82, 2.24) is 0 Å². The van der Waals surface area contributed by atoms with Crippen molar-refractivity contribution in [1.29, 1.82) is 0 Å². The van der Waals surface area contributed by atoms with Crippen LogP contribution < -0.4 is 4.74 Å². The molecule has 0 bridgehead atoms. The highest BCUT2D eigenvalue weighted by Gasteiger charge is 2.02. The first-order chi connectivity index (χ1) is 8.81. The van der Waals surface area contributed by atoms with E-state index in [9.17, 15) is 0 Å². The first kappa shape index (κ1) is 14.6. The molecule has 0 atom stereocenters. The van der Waals surface area contributed by atoms with E-state index in [1.807, 2.05) is 18.2 Å². The van der Waals surface area contributed by atoms with Crippen molar-refractivity contribution in [2.45, 2.75) is 26.4 Å². The number of aliphatic hydroxyl groups excluding tert-OH is 1. The lowest BCUT2D eigenvalue weighted by atomic mass is 10.1. The van der Waals surface area contributed by atoms with Gasteiger partial charge in [-0.2, -0.15) is 0 Å². The van der Waals surface area contributed by atoms with Gasteiger partial charge in [0.2, 0.25) is 0 Å². The molecule has 0 fully saturated rings. The van der Waals surface area contributed by atoms with Gasteiger partial charge in [0.1, 0.15) is 5.75 Å². The van der Waals surface area contributed by atoms with Gasteiger partial charge in [-0.15, -0.1) is 0 Å². The van der Waals surface area contributed by atoms with Crippen LogP contribution in [0, 0.1) is 11.8 Å². The molecule has 0 heterocycles. The average molecular weight is 248 g/mol. The van der Waals surface area contributed by atoms with Crippen LogP contribution in [0.5, 0.6) is 5.75 Å². The number of ether oxygens (including phenoxy) is 2. The zero-order valence-electron chi connectivity index (χ0n) is 11.0. The quantitative estimate of drug-likeness (QED) is 0.620. The van der Waals surface area contributed by atoms with Crippen LogP contribution in [0.4, 0.5) is 0 Å². The maximum atomic E-state index is 8.72. The SMILES string of the molecule is CCCOCc1cc(OC)ccc1C#CCCO. The van der Waals surface area contributed by atoms with Crippen molar-refractivity contribution in [3.05, 3.63) is 29.3 Å². The molecule has 0 amide bonds. The molecule has 1 aromatic carbocycles. The van der Waals surface area contributed by atoms with Crippen molar-refractivity contribution in [2.24, 2.45) is 0 Å². The Kier molecular flexibility index (Phi) is 6.93. The number of rotatable bonds is 6. The summed E-state index contributed by atoms with van der Waals surface area (Å²) >= 11 is 0. The summed E-state index contributed by atoms with van der Waals surface area (Å²) in [4.78, 5) is 0. The van der Waals surface area contributed by atoms with Crippen LogP contribution in [-0.2, 0) is 11.3 Å². The van der Waals surface area contributed by atoms with Gasteiger partial charge in [-0.25, -0.2) is 0 Å². The molecule has 1 rings (SSSR count). The maximum Gasteiger partial charge on any atom is 0.119 e. The van der Waals surface area contributed by atoms with Crippen LogP contribution >= 0.6 is 0 Å².